The van der Waals surface area contributed by atoms with E-state index in [1.807, 2.05) is 0 Å². The molecule has 2 aliphatic carbocycles. The predicted molar refractivity (Wildman–Crippen MR) is 67.1 cm³/mol. The van der Waals surface area contributed by atoms with Crippen molar-refractivity contribution in [3.05, 3.63) is 23.3 Å². The van der Waals surface area contributed by atoms with Crippen molar-refractivity contribution in [2.75, 3.05) is 0 Å². The van der Waals surface area contributed by atoms with Crippen LogP contribution in [0.5, 0.6) is 0 Å². The number of Topliss-reactive ketones (excluding diaryl/α,β-unsaturated/α-hetero) is 1. The minimum atomic E-state index is 0.328. The molecule has 0 aromatic heterocycles. The summed E-state index contributed by atoms with van der Waals surface area (Å²) in [4.78, 5) is 11.1. The molecular weight excluding hydrogens is 196 g/mol. The maximum absolute atomic E-state index is 11.1. The summed E-state index contributed by atoms with van der Waals surface area (Å²) < 4.78 is 0. The van der Waals surface area contributed by atoms with Gasteiger partial charge in [-0.05, 0) is 49.5 Å². The van der Waals surface area contributed by atoms with Gasteiger partial charge in [0.2, 0.25) is 0 Å². The molecule has 0 N–H and O–H groups in total. The summed E-state index contributed by atoms with van der Waals surface area (Å²) in [6, 6.07) is 0. The molecule has 0 amide bonds. The van der Waals surface area contributed by atoms with Crippen LogP contribution < -0.4 is 0 Å². The molecule has 0 aromatic rings. The lowest BCUT2D eigenvalue weighted by Crippen LogP contribution is -1.94. The first kappa shape index (κ1) is 11.6. The molecule has 1 nitrogen and oxygen atoms in total. The summed E-state index contributed by atoms with van der Waals surface area (Å²) in [6.07, 6.45) is 7.60. The van der Waals surface area contributed by atoms with Crippen LogP contribution in [-0.4, -0.2) is 5.78 Å². The Bertz CT molecular complexity index is 371. The zero-order valence-electron chi connectivity index (χ0n) is 10.8. The average Bonchev–Trinajstić information content (AvgIpc) is 2.53. The van der Waals surface area contributed by atoms with Gasteiger partial charge < -0.3 is 4.79 Å². The van der Waals surface area contributed by atoms with Crippen molar-refractivity contribution in [2.24, 2.45) is 17.3 Å². The molecule has 1 fully saturated rings. The molecule has 0 aromatic carbocycles. The van der Waals surface area contributed by atoms with E-state index in [4.69, 9.17) is 0 Å². The highest BCUT2D eigenvalue weighted by atomic mass is 16.1. The number of carbonyl (C=O) groups excluding carboxylic acids is 1. The Labute approximate surface area is 98.6 Å². The fourth-order valence-corrected chi connectivity index (χ4v) is 3.27. The predicted octanol–water partition coefficient (Wildman–Crippen LogP) is 3.90. The van der Waals surface area contributed by atoms with Crippen LogP contribution in [0.3, 0.4) is 0 Å². The molecule has 0 heterocycles. The molecule has 1 saturated carbocycles. The normalized spacial score (nSPS) is 31.0. The fraction of sp³-hybridized carbons (Fsp3) is 0.667. The lowest BCUT2D eigenvalue weighted by atomic mass is 10.00. The van der Waals surface area contributed by atoms with E-state index in [9.17, 15) is 4.79 Å². The van der Waals surface area contributed by atoms with Gasteiger partial charge in [-0.15, -0.1) is 0 Å². The first-order valence-corrected chi connectivity index (χ1v) is 6.31. The second kappa shape index (κ2) is 3.87. The zero-order valence-corrected chi connectivity index (χ0v) is 10.8. The van der Waals surface area contributed by atoms with Gasteiger partial charge in [-0.3, -0.25) is 0 Å². The molecular formula is C15H22O. The van der Waals surface area contributed by atoms with Gasteiger partial charge in [0.25, 0.3) is 0 Å². The molecule has 1 heteroatoms. The maximum Gasteiger partial charge on any atom is 0.129 e. The maximum atomic E-state index is 11.1. The van der Waals surface area contributed by atoms with E-state index in [1.54, 1.807) is 12.5 Å². The van der Waals surface area contributed by atoms with Crippen LogP contribution in [0.1, 0.15) is 47.0 Å². The number of rotatable bonds is 4. The minimum Gasteiger partial charge on any atom is -0.300 e. The van der Waals surface area contributed by atoms with E-state index >= 15 is 0 Å². The van der Waals surface area contributed by atoms with E-state index in [2.05, 4.69) is 32.9 Å². The molecule has 0 saturated heterocycles. The van der Waals surface area contributed by atoms with Gasteiger partial charge in [0.15, 0.2) is 0 Å². The standard InChI is InChI=1S/C15H22O/c1-10-6-5-7-12(10)14-13(15(14,3)4)9-8-11(2)16/h6-7,13-14H,5,8-9H2,1-4H3. The first-order chi connectivity index (χ1) is 7.44. The van der Waals surface area contributed by atoms with Crippen molar-refractivity contribution in [3.63, 3.8) is 0 Å². The SMILES string of the molecule is CC(=O)CCC1C(C2=CCC=C2C)C1(C)C. The lowest BCUT2D eigenvalue weighted by Gasteiger charge is -2.05. The highest BCUT2D eigenvalue weighted by Crippen LogP contribution is 2.65. The summed E-state index contributed by atoms with van der Waals surface area (Å²) in [5.41, 5.74) is 3.42. The van der Waals surface area contributed by atoms with Crippen LogP contribution in [0.25, 0.3) is 0 Å². The third-order valence-electron chi connectivity index (χ3n) is 4.41. The Hall–Kier alpha value is -0.850. The Balaban J connectivity index is 2.02. The van der Waals surface area contributed by atoms with Crippen molar-refractivity contribution in [3.8, 4) is 0 Å². The topological polar surface area (TPSA) is 17.1 Å². The molecule has 0 spiro atoms. The van der Waals surface area contributed by atoms with Gasteiger partial charge >= 0.3 is 0 Å². The van der Waals surface area contributed by atoms with Crippen molar-refractivity contribution in [1.82, 2.24) is 0 Å². The van der Waals surface area contributed by atoms with Crippen LogP contribution in [-0.2, 0) is 4.79 Å². The van der Waals surface area contributed by atoms with E-state index in [1.165, 1.54) is 5.57 Å². The Kier molecular flexibility index (Phi) is 2.81. The first-order valence-electron chi connectivity index (χ1n) is 6.31. The third-order valence-corrected chi connectivity index (χ3v) is 4.41. The summed E-state index contributed by atoms with van der Waals surface area (Å²) in [6.45, 7) is 8.60. The lowest BCUT2D eigenvalue weighted by molar-refractivity contribution is -0.117. The number of hydrogen-bond acceptors (Lipinski definition) is 1. The molecule has 0 radical (unpaired) electrons. The number of hydrogen-bond donors (Lipinski definition) is 0. The monoisotopic (exact) mass is 218 g/mol. The Morgan fingerprint density at radius 1 is 1.44 bits per heavy atom. The summed E-state index contributed by atoms with van der Waals surface area (Å²) in [5.74, 6) is 1.74. The van der Waals surface area contributed by atoms with Gasteiger partial charge in [0, 0.05) is 6.42 Å². The number of ketones is 1. The average molecular weight is 218 g/mol. The zero-order chi connectivity index (χ0) is 11.9. The van der Waals surface area contributed by atoms with Crippen molar-refractivity contribution in [1.29, 1.82) is 0 Å². The molecule has 2 rings (SSSR count). The highest BCUT2D eigenvalue weighted by molar-refractivity contribution is 5.75. The van der Waals surface area contributed by atoms with E-state index in [0.717, 1.165) is 19.3 Å². The van der Waals surface area contributed by atoms with Crippen molar-refractivity contribution in [2.45, 2.75) is 47.0 Å². The Morgan fingerprint density at radius 2 is 2.12 bits per heavy atom. The minimum absolute atomic E-state index is 0.328. The van der Waals surface area contributed by atoms with Crippen LogP contribution in [0.2, 0.25) is 0 Å². The highest BCUT2D eigenvalue weighted by Gasteiger charge is 2.58. The summed E-state index contributed by atoms with van der Waals surface area (Å²) in [5, 5.41) is 0. The van der Waals surface area contributed by atoms with Gasteiger partial charge in [0.05, 0.1) is 0 Å². The molecule has 88 valence electrons. The van der Waals surface area contributed by atoms with Crippen LogP contribution in [0.4, 0.5) is 0 Å². The molecule has 0 aliphatic heterocycles. The molecule has 2 unspecified atom stereocenters. The van der Waals surface area contributed by atoms with E-state index < -0.39 is 0 Å². The smallest absolute Gasteiger partial charge is 0.129 e. The molecule has 2 atom stereocenters. The van der Waals surface area contributed by atoms with Crippen LogP contribution >= 0.6 is 0 Å². The largest absolute Gasteiger partial charge is 0.300 e. The van der Waals surface area contributed by atoms with Crippen molar-refractivity contribution >= 4 is 5.78 Å². The third kappa shape index (κ3) is 1.88. The quantitative estimate of drug-likeness (QED) is 0.699. The second-order valence-corrected chi connectivity index (χ2v) is 5.93. The van der Waals surface area contributed by atoms with Crippen LogP contribution in [0, 0.1) is 17.3 Å². The van der Waals surface area contributed by atoms with Gasteiger partial charge in [-0.1, -0.05) is 31.6 Å². The summed E-state index contributed by atoms with van der Waals surface area (Å²) >= 11 is 0. The van der Waals surface area contributed by atoms with E-state index in [0.29, 0.717) is 23.0 Å². The molecule has 16 heavy (non-hydrogen) atoms. The molecule has 2 aliphatic rings. The van der Waals surface area contributed by atoms with Gasteiger partial charge in [0.1, 0.15) is 5.78 Å². The number of allylic oxidation sites excluding steroid dienone is 4. The van der Waals surface area contributed by atoms with E-state index in [-0.39, 0.29) is 0 Å². The van der Waals surface area contributed by atoms with Crippen molar-refractivity contribution < 1.29 is 4.79 Å². The molecule has 0 bridgehead atoms. The number of carbonyl (C=O) groups is 1. The van der Waals surface area contributed by atoms with Crippen LogP contribution in [0.15, 0.2) is 23.3 Å². The Morgan fingerprint density at radius 3 is 2.62 bits per heavy atom. The van der Waals surface area contributed by atoms with Gasteiger partial charge in [-0.25, -0.2) is 0 Å². The fourth-order valence-electron chi connectivity index (χ4n) is 3.27. The van der Waals surface area contributed by atoms with Gasteiger partial charge in [-0.2, -0.15) is 0 Å². The summed E-state index contributed by atoms with van der Waals surface area (Å²) in [7, 11) is 0. The second-order valence-electron chi connectivity index (χ2n) is 5.93.